The van der Waals surface area contributed by atoms with Crippen molar-refractivity contribution in [3.8, 4) is 11.4 Å². The topological polar surface area (TPSA) is 125 Å². The minimum Gasteiger partial charge on any atom is -0.465 e. The summed E-state index contributed by atoms with van der Waals surface area (Å²) >= 11 is 1.54. The van der Waals surface area contributed by atoms with E-state index in [1.54, 1.807) is 21.7 Å². The van der Waals surface area contributed by atoms with Crippen LogP contribution in [0, 0.1) is 0 Å². The van der Waals surface area contributed by atoms with Crippen molar-refractivity contribution >= 4 is 34.0 Å². The van der Waals surface area contributed by atoms with Crippen molar-refractivity contribution < 1.29 is 14.7 Å². The van der Waals surface area contributed by atoms with Crippen LogP contribution in [-0.2, 0) is 0 Å². The van der Waals surface area contributed by atoms with Crippen molar-refractivity contribution in [2.24, 2.45) is 0 Å². The summed E-state index contributed by atoms with van der Waals surface area (Å²) < 4.78 is 1.76. The second-order valence-electron chi connectivity index (χ2n) is 7.64. The molecule has 11 heteroatoms. The molecule has 1 aliphatic rings. The first-order chi connectivity index (χ1) is 14.9. The van der Waals surface area contributed by atoms with E-state index in [1.807, 2.05) is 11.6 Å². The number of amides is 2. The van der Waals surface area contributed by atoms with E-state index in [9.17, 15) is 9.59 Å². The minimum atomic E-state index is -1.04. The van der Waals surface area contributed by atoms with Crippen molar-refractivity contribution in [2.45, 2.75) is 45.2 Å². The van der Waals surface area contributed by atoms with Gasteiger partial charge in [0.25, 0.3) is 5.91 Å². The number of rotatable bonds is 6. The zero-order chi connectivity index (χ0) is 22.0. The average molecular weight is 444 g/mol. The number of aromatic nitrogens is 4. The molecule has 1 atom stereocenters. The second kappa shape index (κ2) is 8.88. The van der Waals surface area contributed by atoms with Gasteiger partial charge >= 0.3 is 6.09 Å². The number of carbonyl (C=O) groups excluding carboxylic acids is 1. The van der Waals surface area contributed by atoms with Gasteiger partial charge in [-0.25, -0.2) is 19.3 Å². The summed E-state index contributed by atoms with van der Waals surface area (Å²) in [6.45, 7) is 5.08. The monoisotopic (exact) mass is 443 g/mol. The fourth-order valence-electron chi connectivity index (χ4n) is 3.55. The standard InChI is InChI=1S/C20H25N7O3S/c1-3-12(2)22-16-10-15(18(28)26-6-4-13(5-7-26)23-20(29)30)24-17(25-16)14-11-21-27-8-9-31-19(14)27/h8-13,23H,3-7H2,1-2H3,(H,29,30)(H,22,24,25)/t12-/m0/s1. The van der Waals surface area contributed by atoms with Gasteiger partial charge in [-0.2, -0.15) is 5.10 Å². The normalized spacial score (nSPS) is 15.7. The van der Waals surface area contributed by atoms with Crippen molar-refractivity contribution in [3.63, 3.8) is 0 Å². The number of nitrogens with zero attached hydrogens (tertiary/aromatic N) is 5. The van der Waals surface area contributed by atoms with Crippen LogP contribution in [0.15, 0.2) is 23.8 Å². The van der Waals surface area contributed by atoms with Crippen LogP contribution in [0.25, 0.3) is 16.2 Å². The highest BCUT2D eigenvalue weighted by molar-refractivity contribution is 7.16. The summed E-state index contributed by atoms with van der Waals surface area (Å²) in [6.07, 6.45) is 4.61. The summed E-state index contributed by atoms with van der Waals surface area (Å²) in [4.78, 5) is 36.0. The highest BCUT2D eigenvalue weighted by Crippen LogP contribution is 2.27. The Kier molecular flexibility index (Phi) is 6.03. The summed E-state index contributed by atoms with van der Waals surface area (Å²) in [6, 6.07) is 1.75. The summed E-state index contributed by atoms with van der Waals surface area (Å²) in [5.74, 6) is 0.872. The van der Waals surface area contributed by atoms with Crippen LogP contribution in [0.3, 0.4) is 0 Å². The zero-order valence-electron chi connectivity index (χ0n) is 17.4. The molecule has 3 aromatic rings. The molecule has 4 heterocycles. The first-order valence-electron chi connectivity index (χ1n) is 10.3. The Morgan fingerprint density at radius 2 is 2.10 bits per heavy atom. The summed E-state index contributed by atoms with van der Waals surface area (Å²) in [5, 5.41) is 21.0. The quantitative estimate of drug-likeness (QED) is 0.535. The molecule has 4 rings (SSSR count). The van der Waals surface area contributed by atoms with Crippen LogP contribution in [0.1, 0.15) is 43.6 Å². The maximum atomic E-state index is 13.2. The maximum absolute atomic E-state index is 13.2. The van der Waals surface area contributed by atoms with Crippen molar-refractivity contribution in [3.05, 3.63) is 29.5 Å². The first kappa shape index (κ1) is 21.0. The fraction of sp³-hybridized carbons (Fsp3) is 0.450. The van der Waals surface area contributed by atoms with Gasteiger partial charge in [0.05, 0.1) is 11.8 Å². The highest BCUT2D eigenvalue weighted by atomic mass is 32.1. The Bertz CT molecular complexity index is 1090. The third-order valence-electron chi connectivity index (χ3n) is 5.43. The van der Waals surface area contributed by atoms with Gasteiger partial charge in [0, 0.05) is 42.8 Å². The predicted molar refractivity (Wildman–Crippen MR) is 118 cm³/mol. The van der Waals surface area contributed by atoms with Gasteiger partial charge in [-0.15, -0.1) is 11.3 Å². The molecule has 1 saturated heterocycles. The number of nitrogens with one attached hydrogen (secondary N) is 2. The van der Waals surface area contributed by atoms with E-state index in [0.717, 1.165) is 16.8 Å². The molecule has 1 fully saturated rings. The predicted octanol–water partition coefficient (Wildman–Crippen LogP) is 2.94. The molecule has 3 N–H and O–H groups in total. The van der Waals surface area contributed by atoms with E-state index in [0.29, 0.717) is 43.3 Å². The molecule has 0 bridgehead atoms. The molecule has 0 radical (unpaired) electrons. The number of piperidine rings is 1. The van der Waals surface area contributed by atoms with Crippen LogP contribution in [0.4, 0.5) is 10.6 Å². The lowest BCUT2D eigenvalue weighted by atomic mass is 10.0. The van der Waals surface area contributed by atoms with Crippen molar-refractivity contribution in [2.75, 3.05) is 18.4 Å². The molecule has 0 saturated carbocycles. The Labute approximate surface area is 183 Å². The molecule has 31 heavy (non-hydrogen) atoms. The third kappa shape index (κ3) is 4.61. The number of likely N-dealkylation sites (tertiary alicyclic amines) is 1. The number of anilines is 1. The van der Waals surface area contributed by atoms with Gasteiger partial charge in [0.2, 0.25) is 0 Å². The van der Waals surface area contributed by atoms with Gasteiger partial charge in [-0.3, -0.25) is 4.79 Å². The lowest BCUT2D eigenvalue weighted by molar-refractivity contribution is 0.0700. The molecule has 1 aliphatic heterocycles. The molecule has 164 valence electrons. The second-order valence-corrected chi connectivity index (χ2v) is 8.54. The van der Waals surface area contributed by atoms with Gasteiger partial charge in [-0.1, -0.05) is 6.92 Å². The smallest absolute Gasteiger partial charge is 0.404 e. The van der Waals surface area contributed by atoms with Crippen LogP contribution in [0.2, 0.25) is 0 Å². The van der Waals surface area contributed by atoms with Crippen LogP contribution >= 0.6 is 11.3 Å². The van der Waals surface area contributed by atoms with E-state index in [4.69, 9.17) is 5.11 Å². The van der Waals surface area contributed by atoms with E-state index >= 15 is 0 Å². The van der Waals surface area contributed by atoms with Crippen molar-refractivity contribution in [1.29, 1.82) is 0 Å². The Balaban J connectivity index is 1.62. The van der Waals surface area contributed by atoms with Gasteiger partial charge in [0.15, 0.2) is 5.82 Å². The van der Waals surface area contributed by atoms with Gasteiger partial charge in [0.1, 0.15) is 16.3 Å². The average Bonchev–Trinajstić information content (AvgIpc) is 3.37. The lowest BCUT2D eigenvalue weighted by Gasteiger charge is -2.31. The molecular formula is C20H25N7O3S. The molecule has 0 aliphatic carbocycles. The largest absolute Gasteiger partial charge is 0.465 e. The number of hydrogen-bond acceptors (Lipinski definition) is 7. The van der Waals surface area contributed by atoms with Crippen LogP contribution in [-0.4, -0.2) is 66.8 Å². The van der Waals surface area contributed by atoms with E-state index in [2.05, 4.69) is 39.5 Å². The maximum Gasteiger partial charge on any atom is 0.404 e. The number of carboxylic acid groups (broad SMARTS) is 1. The fourth-order valence-corrected chi connectivity index (χ4v) is 4.34. The number of hydrogen-bond donors (Lipinski definition) is 3. The minimum absolute atomic E-state index is 0.135. The van der Waals surface area contributed by atoms with Crippen LogP contribution < -0.4 is 10.6 Å². The lowest BCUT2D eigenvalue weighted by Crippen LogP contribution is -2.46. The van der Waals surface area contributed by atoms with E-state index < -0.39 is 6.09 Å². The molecule has 3 aromatic heterocycles. The summed E-state index contributed by atoms with van der Waals surface area (Å²) in [5.41, 5.74) is 1.09. The van der Waals surface area contributed by atoms with Crippen LogP contribution in [0.5, 0.6) is 0 Å². The van der Waals surface area contributed by atoms with Gasteiger partial charge < -0.3 is 20.6 Å². The molecule has 0 unspecified atom stereocenters. The molecular weight excluding hydrogens is 418 g/mol. The Hall–Kier alpha value is -3.21. The molecule has 2 amide bonds. The highest BCUT2D eigenvalue weighted by Gasteiger charge is 2.26. The summed E-state index contributed by atoms with van der Waals surface area (Å²) in [7, 11) is 0. The molecule has 0 spiro atoms. The third-order valence-corrected chi connectivity index (χ3v) is 6.32. The van der Waals surface area contributed by atoms with E-state index in [1.165, 1.54) is 11.3 Å². The zero-order valence-corrected chi connectivity index (χ0v) is 18.2. The van der Waals surface area contributed by atoms with E-state index in [-0.39, 0.29) is 18.0 Å². The number of thiazole rings is 1. The number of fused-ring (bicyclic) bond motifs is 1. The molecule has 10 nitrogen and oxygen atoms in total. The van der Waals surface area contributed by atoms with Crippen molar-refractivity contribution in [1.82, 2.24) is 29.8 Å². The molecule has 0 aromatic carbocycles. The SMILES string of the molecule is CC[C@H](C)Nc1cc(C(=O)N2CCC(NC(=O)O)CC2)nc(-c2cnn3ccsc23)n1. The number of carbonyl (C=O) groups is 2. The Morgan fingerprint density at radius 3 is 2.81 bits per heavy atom. The first-order valence-corrected chi connectivity index (χ1v) is 11.2. The van der Waals surface area contributed by atoms with Gasteiger partial charge in [-0.05, 0) is 26.2 Å². The Morgan fingerprint density at radius 1 is 1.32 bits per heavy atom.